The molecule has 6 heteroatoms. The minimum absolute atomic E-state index is 0.0475. The number of rotatable bonds is 2. The van der Waals surface area contributed by atoms with Crippen LogP contribution in [0.2, 0.25) is 0 Å². The summed E-state index contributed by atoms with van der Waals surface area (Å²) in [6.07, 6.45) is 3.63. The molecule has 2 rings (SSSR count). The lowest BCUT2D eigenvalue weighted by Crippen LogP contribution is -2.40. The molecule has 2 heterocycles. The van der Waals surface area contributed by atoms with Gasteiger partial charge in [0, 0.05) is 36.4 Å². The summed E-state index contributed by atoms with van der Waals surface area (Å²) in [5, 5.41) is 0. The molecule has 0 unspecified atom stereocenters. The standard InChI is InChI=1S/C15H25N3O2S/c1-5-20-14(19)17-8-6-11(7-9-17)18-12(15(2,3)4)10-16-13(18)21/h10-11H,5-9H2,1-4H3,(H,16,21). The largest absolute Gasteiger partial charge is 0.450 e. The van der Waals surface area contributed by atoms with Crippen molar-refractivity contribution in [2.45, 2.75) is 52.0 Å². The van der Waals surface area contributed by atoms with E-state index in [9.17, 15) is 4.79 Å². The van der Waals surface area contributed by atoms with Gasteiger partial charge in [-0.2, -0.15) is 0 Å². The number of H-pyrrole nitrogens is 1. The molecule has 118 valence electrons. The quantitative estimate of drug-likeness (QED) is 0.848. The molecule has 0 spiro atoms. The van der Waals surface area contributed by atoms with Gasteiger partial charge in [0.25, 0.3) is 0 Å². The molecule has 1 aliphatic rings. The number of ether oxygens (including phenoxy) is 1. The van der Waals surface area contributed by atoms with Gasteiger partial charge in [-0.15, -0.1) is 0 Å². The van der Waals surface area contributed by atoms with Crippen molar-refractivity contribution in [3.05, 3.63) is 16.7 Å². The summed E-state index contributed by atoms with van der Waals surface area (Å²) in [6, 6.07) is 0.351. The lowest BCUT2D eigenvalue weighted by Gasteiger charge is -2.34. The molecule has 0 saturated carbocycles. The molecule has 1 amide bonds. The van der Waals surface area contributed by atoms with Gasteiger partial charge in [0.2, 0.25) is 0 Å². The number of likely N-dealkylation sites (tertiary alicyclic amines) is 1. The molecule has 1 aromatic rings. The van der Waals surface area contributed by atoms with E-state index in [0.29, 0.717) is 12.6 Å². The van der Waals surface area contributed by atoms with Crippen molar-refractivity contribution in [2.24, 2.45) is 0 Å². The second-order valence-electron chi connectivity index (χ2n) is 6.52. The van der Waals surface area contributed by atoms with Gasteiger partial charge in [0.05, 0.1) is 6.61 Å². The van der Waals surface area contributed by atoms with Crippen molar-refractivity contribution < 1.29 is 9.53 Å². The Bertz CT molecular complexity index is 548. The second kappa shape index (κ2) is 6.22. The predicted molar refractivity (Wildman–Crippen MR) is 85.2 cm³/mol. The summed E-state index contributed by atoms with van der Waals surface area (Å²) in [5.74, 6) is 0. The molecular weight excluding hydrogens is 286 g/mol. The van der Waals surface area contributed by atoms with Crippen LogP contribution in [-0.2, 0) is 10.2 Å². The first kappa shape index (κ1) is 16.1. The van der Waals surface area contributed by atoms with Crippen molar-refractivity contribution >= 4 is 18.3 Å². The summed E-state index contributed by atoms with van der Waals surface area (Å²) >= 11 is 5.45. The average molecular weight is 311 g/mol. The molecule has 5 nitrogen and oxygen atoms in total. The van der Waals surface area contributed by atoms with Crippen molar-refractivity contribution in [1.82, 2.24) is 14.5 Å². The van der Waals surface area contributed by atoms with Gasteiger partial charge in [-0.1, -0.05) is 20.8 Å². The molecule has 0 radical (unpaired) electrons. The smallest absolute Gasteiger partial charge is 0.409 e. The van der Waals surface area contributed by atoms with Gasteiger partial charge in [-0.05, 0) is 32.0 Å². The lowest BCUT2D eigenvalue weighted by atomic mass is 9.91. The zero-order chi connectivity index (χ0) is 15.6. The molecule has 21 heavy (non-hydrogen) atoms. The van der Waals surface area contributed by atoms with Crippen LogP contribution in [-0.4, -0.2) is 40.2 Å². The van der Waals surface area contributed by atoms with Crippen LogP contribution in [0.4, 0.5) is 4.79 Å². The first-order valence-electron chi connectivity index (χ1n) is 7.56. The number of imidazole rings is 1. The number of amides is 1. The van der Waals surface area contributed by atoms with E-state index in [-0.39, 0.29) is 11.5 Å². The highest BCUT2D eigenvalue weighted by Gasteiger charge is 2.28. The normalized spacial score (nSPS) is 17.0. The van der Waals surface area contributed by atoms with Gasteiger partial charge in [-0.25, -0.2) is 4.79 Å². The Kier molecular flexibility index (Phi) is 4.76. The van der Waals surface area contributed by atoms with E-state index in [2.05, 4.69) is 30.3 Å². The first-order chi connectivity index (χ1) is 9.84. The monoisotopic (exact) mass is 311 g/mol. The number of hydrogen-bond acceptors (Lipinski definition) is 3. The molecule has 0 aromatic carbocycles. The Morgan fingerprint density at radius 2 is 2.05 bits per heavy atom. The molecule has 1 fully saturated rings. The van der Waals surface area contributed by atoms with E-state index in [1.54, 1.807) is 4.90 Å². The van der Waals surface area contributed by atoms with Gasteiger partial charge < -0.3 is 19.2 Å². The van der Waals surface area contributed by atoms with Crippen LogP contribution in [0.1, 0.15) is 52.3 Å². The number of aromatic amines is 1. The highest BCUT2D eigenvalue weighted by molar-refractivity contribution is 7.71. The molecule has 0 atom stereocenters. The molecule has 1 saturated heterocycles. The third kappa shape index (κ3) is 3.48. The minimum Gasteiger partial charge on any atom is -0.450 e. The zero-order valence-electron chi connectivity index (χ0n) is 13.3. The Hall–Kier alpha value is -1.30. The summed E-state index contributed by atoms with van der Waals surface area (Å²) in [6.45, 7) is 10.3. The Morgan fingerprint density at radius 3 is 2.57 bits per heavy atom. The van der Waals surface area contributed by atoms with Gasteiger partial charge in [-0.3, -0.25) is 0 Å². The summed E-state index contributed by atoms with van der Waals surface area (Å²) in [7, 11) is 0. The van der Waals surface area contributed by atoms with Gasteiger partial charge in [0.1, 0.15) is 0 Å². The number of aromatic nitrogens is 2. The fraction of sp³-hybridized carbons (Fsp3) is 0.733. The highest BCUT2D eigenvalue weighted by Crippen LogP contribution is 2.30. The zero-order valence-corrected chi connectivity index (χ0v) is 14.1. The van der Waals surface area contributed by atoms with Crippen LogP contribution in [0.25, 0.3) is 0 Å². The maximum absolute atomic E-state index is 11.8. The lowest BCUT2D eigenvalue weighted by molar-refractivity contribution is 0.0921. The third-order valence-corrected chi connectivity index (χ3v) is 4.25. The summed E-state index contributed by atoms with van der Waals surface area (Å²) < 4.78 is 8.07. The first-order valence-corrected chi connectivity index (χ1v) is 7.97. The number of nitrogens with zero attached hydrogens (tertiary/aromatic N) is 2. The fourth-order valence-corrected chi connectivity index (χ4v) is 3.15. The minimum atomic E-state index is -0.204. The molecular formula is C15H25N3O2S. The van der Waals surface area contributed by atoms with Crippen molar-refractivity contribution in [1.29, 1.82) is 0 Å². The van der Waals surface area contributed by atoms with Crippen molar-refractivity contribution in [3.8, 4) is 0 Å². The summed E-state index contributed by atoms with van der Waals surface area (Å²) in [4.78, 5) is 16.7. The summed E-state index contributed by atoms with van der Waals surface area (Å²) in [5.41, 5.74) is 1.27. The van der Waals surface area contributed by atoms with Crippen molar-refractivity contribution in [3.63, 3.8) is 0 Å². The average Bonchev–Trinajstić information content (AvgIpc) is 2.81. The molecule has 1 aromatic heterocycles. The number of nitrogens with one attached hydrogen (secondary N) is 1. The predicted octanol–water partition coefficient (Wildman–Crippen LogP) is 3.64. The van der Waals surface area contributed by atoms with Gasteiger partial charge >= 0.3 is 6.09 Å². The molecule has 0 aliphatic carbocycles. The van der Waals surface area contributed by atoms with E-state index >= 15 is 0 Å². The Balaban J connectivity index is 2.11. The fourth-order valence-electron chi connectivity index (χ4n) is 2.84. The van der Waals surface area contributed by atoms with Gasteiger partial charge in [0.15, 0.2) is 4.77 Å². The van der Waals surface area contributed by atoms with E-state index in [1.807, 2.05) is 13.1 Å². The molecule has 1 aliphatic heterocycles. The van der Waals surface area contributed by atoms with E-state index in [0.717, 1.165) is 30.7 Å². The van der Waals surface area contributed by atoms with Crippen LogP contribution in [0, 0.1) is 4.77 Å². The van der Waals surface area contributed by atoms with E-state index in [4.69, 9.17) is 17.0 Å². The topological polar surface area (TPSA) is 50.3 Å². The number of hydrogen-bond donors (Lipinski definition) is 1. The number of carbonyl (C=O) groups excluding carboxylic acids is 1. The Labute approximate surface area is 131 Å². The maximum atomic E-state index is 11.8. The van der Waals surface area contributed by atoms with Crippen molar-refractivity contribution in [2.75, 3.05) is 19.7 Å². The van der Waals surface area contributed by atoms with Crippen LogP contribution < -0.4 is 0 Å². The van der Waals surface area contributed by atoms with Crippen LogP contribution in [0.3, 0.4) is 0 Å². The highest BCUT2D eigenvalue weighted by atomic mass is 32.1. The maximum Gasteiger partial charge on any atom is 0.409 e. The van der Waals surface area contributed by atoms with E-state index in [1.165, 1.54) is 5.69 Å². The number of carbonyl (C=O) groups is 1. The van der Waals surface area contributed by atoms with Crippen LogP contribution >= 0.6 is 12.2 Å². The van der Waals surface area contributed by atoms with Crippen LogP contribution in [0.5, 0.6) is 0 Å². The SMILES string of the molecule is CCOC(=O)N1CCC(n2c(C(C)(C)C)c[nH]c2=S)CC1. The second-order valence-corrected chi connectivity index (χ2v) is 6.90. The molecule has 0 bridgehead atoms. The third-order valence-electron chi connectivity index (χ3n) is 3.93. The Morgan fingerprint density at radius 1 is 1.43 bits per heavy atom. The van der Waals surface area contributed by atoms with E-state index < -0.39 is 0 Å². The number of piperidine rings is 1. The molecule has 1 N–H and O–H groups in total. The van der Waals surface area contributed by atoms with Crippen LogP contribution in [0.15, 0.2) is 6.20 Å².